The van der Waals surface area contributed by atoms with E-state index in [0.717, 1.165) is 53.1 Å². The fraction of sp³-hybridized carbons (Fsp3) is 0.833. The molecule has 0 aromatic carbocycles. The number of rotatable bonds is 9. The van der Waals surface area contributed by atoms with Crippen molar-refractivity contribution in [3.63, 3.8) is 0 Å². The lowest BCUT2D eigenvalue weighted by Crippen LogP contribution is -2.64. The van der Waals surface area contributed by atoms with Crippen LogP contribution in [0.5, 0.6) is 0 Å². The van der Waals surface area contributed by atoms with Gasteiger partial charge in [0.2, 0.25) is 5.78 Å². The summed E-state index contributed by atoms with van der Waals surface area (Å²) in [5.41, 5.74) is -2.15. The average molecular weight is 709 g/mol. The Morgan fingerprint density at radius 2 is 1.36 bits per heavy atom. The summed E-state index contributed by atoms with van der Waals surface area (Å²) in [4.78, 5) is 74.0. The fourth-order valence-corrected chi connectivity index (χ4v) is 10.5. The van der Waals surface area contributed by atoms with Crippen LogP contribution in [-0.2, 0) is 61.9 Å². The number of carbonyl (C=O) groups excluding carboxylic acids is 6. The molecule has 14 nitrogen and oxygen atoms in total. The molecule has 0 radical (unpaired) electrons. The zero-order valence-electron chi connectivity index (χ0n) is 30.1. The van der Waals surface area contributed by atoms with Gasteiger partial charge in [0.05, 0.1) is 13.2 Å². The van der Waals surface area contributed by atoms with Crippen molar-refractivity contribution in [3.05, 3.63) is 0 Å². The minimum atomic E-state index is -1.53. The number of methoxy groups -OCH3 is 1. The van der Waals surface area contributed by atoms with Gasteiger partial charge in [-0.3, -0.25) is 24.0 Å². The zero-order chi connectivity index (χ0) is 36.8. The second-order valence-electron chi connectivity index (χ2n) is 15.4. The summed E-state index contributed by atoms with van der Waals surface area (Å²) < 4.78 is 38.9. The number of ether oxygens (including phenoxy) is 7. The van der Waals surface area contributed by atoms with Gasteiger partial charge < -0.3 is 38.3 Å². The maximum Gasteiger partial charge on any atom is 0.339 e. The highest BCUT2D eigenvalue weighted by Crippen LogP contribution is 2.68. The first-order valence-electron chi connectivity index (χ1n) is 17.7. The van der Waals surface area contributed by atoms with E-state index in [-0.39, 0.29) is 23.4 Å². The molecule has 4 aliphatic carbocycles. The van der Waals surface area contributed by atoms with Crippen molar-refractivity contribution in [2.45, 2.75) is 142 Å². The van der Waals surface area contributed by atoms with Gasteiger partial charge >= 0.3 is 29.8 Å². The molecule has 13 atom stereocenters. The van der Waals surface area contributed by atoms with Crippen LogP contribution in [0, 0.1) is 34.5 Å². The smallest absolute Gasteiger partial charge is 0.339 e. The van der Waals surface area contributed by atoms with Crippen LogP contribution < -0.4 is 0 Å². The molecule has 0 aromatic heterocycles. The second-order valence-corrected chi connectivity index (χ2v) is 15.4. The summed E-state index contributed by atoms with van der Waals surface area (Å²) in [6.07, 6.45) is -0.752. The van der Waals surface area contributed by atoms with Gasteiger partial charge in [-0.05, 0) is 86.9 Å². The molecule has 14 heteroatoms. The maximum absolute atomic E-state index is 13.2. The van der Waals surface area contributed by atoms with Crippen LogP contribution >= 0.6 is 0 Å². The Labute approximate surface area is 292 Å². The Bertz CT molecular complexity index is 1360. The lowest BCUT2D eigenvalue weighted by molar-refractivity contribution is -0.315. The Balaban J connectivity index is 1.33. The summed E-state index contributed by atoms with van der Waals surface area (Å²) in [7, 11) is 1.14. The predicted molar refractivity (Wildman–Crippen MR) is 171 cm³/mol. The molecule has 4 saturated carbocycles. The van der Waals surface area contributed by atoms with Crippen molar-refractivity contribution < 1.29 is 67.0 Å². The monoisotopic (exact) mass is 708 g/mol. The van der Waals surface area contributed by atoms with Crippen LogP contribution in [0.1, 0.15) is 99.3 Å². The summed E-state index contributed by atoms with van der Waals surface area (Å²) >= 11 is 0. The molecule has 280 valence electrons. The molecule has 0 spiro atoms. The number of hydrogen-bond acceptors (Lipinski definition) is 14. The highest BCUT2D eigenvalue weighted by atomic mass is 16.7. The van der Waals surface area contributed by atoms with E-state index < -0.39 is 84.0 Å². The van der Waals surface area contributed by atoms with Crippen LogP contribution in [-0.4, -0.2) is 96.9 Å². The van der Waals surface area contributed by atoms with E-state index in [1.165, 1.54) is 13.8 Å². The van der Waals surface area contributed by atoms with E-state index in [1.807, 2.05) is 6.92 Å². The highest BCUT2D eigenvalue weighted by Gasteiger charge is 2.67. The lowest BCUT2D eigenvalue weighted by Gasteiger charge is -2.61. The molecule has 0 amide bonds. The van der Waals surface area contributed by atoms with Gasteiger partial charge in [0.15, 0.2) is 37.3 Å². The van der Waals surface area contributed by atoms with Gasteiger partial charge in [0.1, 0.15) is 5.60 Å². The number of hydrogen-bond donors (Lipinski definition) is 1. The molecule has 5 fully saturated rings. The van der Waals surface area contributed by atoms with Crippen LogP contribution in [0.15, 0.2) is 0 Å². The molecule has 0 bridgehead atoms. The Morgan fingerprint density at radius 3 is 1.98 bits per heavy atom. The van der Waals surface area contributed by atoms with E-state index in [2.05, 4.69) is 6.92 Å². The Kier molecular flexibility index (Phi) is 11.1. The molecule has 50 heavy (non-hydrogen) atoms. The largest absolute Gasteiger partial charge is 0.467 e. The first-order chi connectivity index (χ1) is 23.4. The molecule has 0 unspecified atom stereocenters. The van der Waals surface area contributed by atoms with Gasteiger partial charge in [0, 0.05) is 33.1 Å². The number of fused-ring (bicyclic) bond motifs is 5. The van der Waals surface area contributed by atoms with Crippen molar-refractivity contribution >= 4 is 35.6 Å². The lowest BCUT2D eigenvalue weighted by atomic mass is 9.44. The van der Waals surface area contributed by atoms with Gasteiger partial charge in [-0.25, -0.2) is 4.79 Å². The van der Waals surface area contributed by atoms with E-state index >= 15 is 0 Å². The zero-order valence-corrected chi connectivity index (χ0v) is 30.1. The number of ketones is 1. The third-order valence-corrected chi connectivity index (χ3v) is 12.8. The fourth-order valence-electron chi connectivity index (χ4n) is 10.5. The minimum absolute atomic E-state index is 0.0233. The Morgan fingerprint density at radius 1 is 0.740 bits per heavy atom. The third-order valence-electron chi connectivity index (χ3n) is 12.8. The molecule has 1 saturated heterocycles. The maximum atomic E-state index is 13.2. The second kappa shape index (κ2) is 14.5. The SMILES string of the molecule is COC(=O)[C@H]1O[C@@H](O[C@@H]2CC[C@]3(C)[C@H](CC[C@H]4[C@H]5CC[C@](O)(C(=O)COC(C)=O)[C@]5(C)CC[C@@H]43)C2)[C@H](OC(C)=O)[C@@H](OC(C)=O)[C@@H]1OC(C)=O. The molecule has 5 rings (SSSR count). The van der Waals surface area contributed by atoms with E-state index in [9.17, 15) is 33.9 Å². The molecule has 1 aliphatic heterocycles. The van der Waals surface area contributed by atoms with Gasteiger partial charge in [0.25, 0.3) is 0 Å². The van der Waals surface area contributed by atoms with E-state index in [1.54, 1.807) is 0 Å². The van der Waals surface area contributed by atoms with Crippen molar-refractivity contribution in [1.82, 2.24) is 0 Å². The predicted octanol–water partition coefficient (Wildman–Crippen LogP) is 2.97. The van der Waals surface area contributed by atoms with Crippen LogP contribution in [0.3, 0.4) is 0 Å². The topological polar surface area (TPSA) is 187 Å². The number of aliphatic hydroxyl groups is 1. The highest BCUT2D eigenvalue weighted by molar-refractivity contribution is 5.91. The standard InChI is InChI=1S/C36H52O14/c1-18(37)45-17-27(41)36(43)15-12-26-24-9-8-22-16-23(10-13-34(22,5)25(24)11-14-35(26,36)6)49-33-31(48-21(4)40)29(47-20(3)39)28(46-19(2)38)30(50-33)32(42)44-7/h22-26,28-31,33,43H,8-17H2,1-7H3/t22-,23-,24-,25+,26-,28+,29+,30+,31-,33-,34-,35-,36+/m1/s1. The van der Waals surface area contributed by atoms with Crippen molar-refractivity contribution in [1.29, 1.82) is 0 Å². The average Bonchev–Trinajstić information content (AvgIpc) is 3.32. The molecular formula is C36H52O14. The number of Topliss-reactive ketones (excluding diaryl/α,β-unsaturated/α-hetero) is 1. The minimum Gasteiger partial charge on any atom is -0.467 e. The summed E-state index contributed by atoms with van der Waals surface area (Å²) in [6.45, 7) is 8.66. The summed E-state index contributed by atoms with van der Waals surface area (Å²) in [5.74, 6) is -2.93. The van der Waals surface area contributed by atoms with Gasteiger partial charge in [-0.1, -0.05) is 13.8 Å². The first-order valence-corrected chi connectivity index (χ1v) is 17.7. The van der Waals surface area contributed by atoms with Crippen LogP contribution in [0.4, 0.5) is 0 Å². The van der Waals surface area contributed by atoms with Gasteiger partial charge in [-0.15, -0.1) is 0 Å². The first kappa shape index (κ1) is 38.1. The third kappa shape index (κ3) is 6.91. The summed E-state index contributed by atoms with van der Waals surface area (Å²) in [6, 6.07) is 0. The number of carbonyl (C=O) groups is 6. The normalized spacial score (nSPS) is 42.1. The molecular weight excluding hydrogens is 656 g/mol. The molecule has 1 heterocycles. The summed E-state index contributed by atoms with van der Waals surface area (Å²) in [5, 5.41) is 11.8. The molecule has 5 aliphatic rings. The quantitative estimate of drug-likeness (QED) is 0.209. The molecule has 0 aromatic rings. The van der Waals surface area contributed by atoms with Crippen LogP contribution in [0.2, 0.25) is 0 Å². The van der Waals surface area contributed by atoms with E-state index in [0.29, 0.717) is 37.5 Å². The van der Waals surface area contributed by atoms with Crippen molar-refractivity contribution in [3.8, 4) is 0 Å². The van der Waals surface area contributed by atoms with Gasteiger partial charge in [-0.2, -0.15) is 0 Å². The Hall–Kier alpha value is -3.10. The van der Waals surface area contributed by atoms with Crippen molar-refractivity contribution in [2.75, 3.05) is 13.7 Å². The van der Waals surface area contributed by atoms with Crippen LogP contribution in [0.25, 0.3) is 0 Å². The van der Waals surface area contributed by atoms with E-state index in [4.69, 9.17) is 33.2 Å². The van der Waals surface area contributed by atoms with Crippen molar-refractivity contribution in [2.24, 2.45) is 34.5 Å². The molecule has 1 N–H and O–H groups in total. The number of esters is 5.